The number of aromatic nitrogens is 4. The van der Waals surface area contributed by atoms with Crippen LogP contribution in [0.5, 0.6) is 5.88 Å². The van der Waals surface area contributed by atoms with Crippen molar-refractivity contribution in [3.8, 4) is 5.88 Å². The Balaban J connectivity index is 2.07. The highest BCUT2D eigenvalue weighted by molar-refractivity contribution is 6.29. The minimum absolute atomic E-state index is 0.00492. The summed E-state index contributed by atoms with van der Waals surface area (Å²) in [7, 11) is 1.53. The molecule has 3 rings (SSSR count). The summed E-state index contributed by atoms with van der Waals surface area (Å²) in [5, 5.41) is -0.173. The molecule has 3 aromatic rings. The summed E-state index contributed by atoms with van der Waals surface area (Å²) in [4.78, 5) is 23.9. The number of halogens is 1. The van der Waals surface area contributed by atoms with Crippen LogP contribution in [0.1, 0.15) is 5.56 Å². The number of anilines is 1. The summed E-state index contributed by atoms with van der Waals surface area (Å²) in [6.07, 6.45) is 0. The van der Waals surface area contributed by atoms with E-state index in [0.29, 0.717) is 0 Å². The molecule has 22 heavy (non-hydrogen) atoms. The Morgan fingerprint density at radius 3 is 2.68 bits per heavy atom. The zero-order valence-corrected chi connectivity index (χ0v) is 12.4. The Kier molecular flexibility index (Phi) is 3.64. The van der Waals surface area contributed by atoms with Gasteiger partial charge in [-0.1, -0.05) is 41.9 Å². The second-order valence-corrected chi connectivity index (χ2v) is 4.96. The van der Waals surface area contributed by atoms with Crippen molar-refractivity contribution < 1.29 is 4.74 Å². The Hall–Kier alpha value is -2.67. The molecule has 0 atom stereocenters. The second kappa shape index (κ2) is 5.61. The number of aryl methyl sites for hydroxylation is 1. The third-order valence-electron chi connectivity index (χ3n) is 3.08. The van der Waals surface area contributed by atoms with Crippen LogP contribution in [0.4, 0.5) is 5.95 Å². The molecule has 0 aliphatic rings. The van der Waals surface area contributed by atoms with Gasteiger partial charge in [0.25, 0.3) is 5.56 Å². The van der Waals surface area contributed by atoms with E-state index in [1.165, 1.54) is 11.6 Å². The van der Waals surface area contributed by atoms with Crippen molar-refractivity contribution in [1.29, 1.82) is 0 Å². The van der Waals surface area contributed by atoms with Crippen LogP contribution in [0.25, 0.3) is 11.2 Å². The number of benzene rings is 1. The van der Waals surface area contributed by atoms with Gasteiger partial charge in [0.1, 0.15) is 6.61 Å². The number of nitrogen functional groups attached to an aromatic ring is 1. The van der Waals surface area contributed by atoms with Gasteiger partial charge < -0.3 is 10.5 Å². The van der Waals surface area contributed by atoms with Crippen LogP contribution in [0.2, 0.25) is 5.15 Å². The van der Waals surface area contributed by atoms with Crippen molar-refractivity contribution in [2.45, 2.75) is 6.61 Å². The SMILES string of the molecule is Cn1c(=O)c(Cl)nc2c(OCc3ccccc3)nc(N)nc21. The molecule has 0 fully saturated rings. The van der Waals surface area contributed by atoms with Gasteiger partial charge in [0, 0.05) is 7.05 Å². The van der Waals surface area contributed by atoms with Gasteiger partial charge in [-0.25, -0.2) is 4.98 Å². The Morgan fingerprint density at radius 2 is 1.95 bits per heavy atom. The number of ether oxygens (including phenoxy) is 1. The van der Waals surface area contributed by atoms with E-state index in [9.17, 15) is 4.79 Å². The monoisotopic (exact) mass is 317 g/mol. The van der Waals surface area contributed by atoms with E-state index in [1.807, 2.05) is 30.3 Å². The lowest BCUT2D eigenvalue weighted by molar-refractivity contribution is 0.297. The number of nitrogens with two attached hydrogens (primary N) is 1. The molecule has 2 heterocycles. The van der Waals surface area contributed by atoms with Crippen molar-refractivity contribution in [1.82, 2.24) is 19.5 Å². The summed E-state index contributed by atoms with van der Waals surface area (Å²) >= 11 is 5.84. The molecule has 7 nitrogen and oxygen atoms in total. The van der Waals surface area contributed by atoms with E-state index < -0.39 is 5.56 Å². The van der Waals surface area contributed by atoms with Gasteiger partial charge >= 0.3 is 0 Å². The van der Waals surface area contributed by atoms with Gasteiger partial charge in [-0.15, -0.1) is 0 Å². The van der Waals surface area contributed by atoms with Gasteiger partial charge in [-0.3, -0.25) is 9.36 Å². The first kappa shape index (κ1) is 14.3. The first-order valence-corrected chi connectivity index (χ1v) is 6.80. The predicted octanol–water partition coefficient (Wildman–Crippen LogP) is 1.54. The summed E-state index contributed by atoms with van der Waals surface area (Å²) in [5.41, 5.74) is 6.73. The number of rotatable bonds is 3. The minimum Gasteiger partial charge on any atom is -0.471 e. The summed E-state index contributed by atoms with van der Waals surface area (Å²) < 4.78 is 6.93. The van der Waals surface area contributed by atoms with Gasteiger partial charge in [-0.2, -0.15) is 9.97 Å². The van der Waals surface area contributed by atoms with Crippen molar-refractivity contribution >= 4 is 28.7 Å². The molecule has 112 valence electrons. The van der Waals surface area contributed by atoms with E-state index in [4.69, 9.17) is 22.1 Å². The van der Waals surface area contributed by atoms with E-state index in [-0.39, 0.29) is 34.8 Å². The molecular formula is C14H12ClN5O2. The molecule has 0 spiro atoms. The van der Waals surface area contributed by atoms with E-state index in [0.717, 1.165) is 5.56 Å². The summed E-state index contributed by atoms with van der Waals surface area (Å²) in [6.45, 7) is 0.286. The largest absolute Gasteiger partial charge is 0.471 e. The molecule has 0 aliphatic heterocycles. The quantitative estimate of drug-likeness (QED) is 0.787. The van der Waals surface area contributed by atoms with Crippen molar-refractivity contribution in [3.05, 3.63) is 51.4 Å². The number of fused-ring (bicyclic) bond motifs is 1. The first-order chi connectivity index (χ1) is 10.6. The van der Waals surface area contributed by atoms with Gasteiger partial charge in [0.15, 0.2) is 16.3 Å². The smallest absolute Gasteiger partial charge is 0.289 e. The summed E-state index contributed by atoms with van der Waals surface area (Å²) in [6, 6.07) is 9.57. The Morgan fingerprint density at radius 1 is 1.23 bits per heavy atom. The van der Waals surface area contributed by atoms with Gasteiger partial charge in [0.05, 0.1) is 0 Å². The highest BCUT2D eigenvalue weighted by Gasteiger charge is 2.15. The maximum Gasteiger partial charge on any atom is 0.289 e. The summed E-state index contributed by atoms with van der Waals surface area (Å²) in [5.74, 6) is 0.179. The molecule has 0 bridgehead atoms. The maximum atomic E-state index is 11.8. The highest BCUT2D eigenvalue weighted by Crippen LogP contribution is 2.22. The van der Waals surface area contributed by atoms with E-state index in [2.05, 4.69) is 15.0 Å². The third kappa shape index (κ3) is 2.58. The normalized spacial score (nSPS) is 10.8. The van der Waals surface area contributed by atoms with Crippen LogP contribution < -0.4 is 16.0 Å². The number of nitrogens with zero attached hydrogens (tertiary/aromatic N) is 4. The van der Waals surface area contributed by atoms with Crippen LogP contribution in [-0.2, 0) is 13.7 Å². The van der Waals surface area contributed by atoms with Crippen LogP contribution in [0.15, 0.2) is 35.1 Å². The fourth-order valence-electron chi connectivity index (χ4n) is 1.98. The molecule has 2 aromatic heterocycles. The fourth-order valence-corrected chi connectivity index (χ4v) is 2.19. The molecule has 2 N–H and O–H groups in total. The van der Waals surface area contributed by atoms with E-state index >= 15 is 0 Å². The van der Waals surface area contributed by atoms with Crippen molar-refractivity contribution in [2.24, 2.45) is 7.05 Å². The lowest BCUT2D eigenvalue weighted by Gasteiger charge is -2.10. The van der Waals surface area contributed by atoms with Crippen LogP contribution in [0, 0.1) is 0 Å². The van der Waals surface area contributed by atoms with Crippen molar-refractivity contribution in [2.75, 3.05) is 5.73 Å². The Bertz CT molecular complexity index is 895. The topological polar surface area (TPSA) is 95.9 Å². The first-order valence-electron chi connectivity index (χ1n) is 6.42. The Labute approximate surface area is 130 Å². The van der Waals surface area contributed by atoms with Crippen LogP contribution >= 0.6 is 11.6 Å². The zero-order chi connectivity index (χ0) is 15.7. The predicted molar refractivity (Wildman–Crippen MR) is 82.8 cm³/mol. The van der Waals surface area contributed by atoms with Gasteiger partial charge in [-0.05, 0) is 5.56 Å². The molecule has 1 aromatic carbocycles. The molecular weight excluding hydrogens is 306 g/mol. The average Bonchev–Trinajstić information content (AvgIpc) is 2.52. The molecule has 0 radical (unpaired) electrons. The average molecular weight is 318 g/mol. The highest BCUT2D eigenvalue weighted by atomic mass is 35.5. The minimum atomic E-state index is -0.457. The standard InChI is InChI=1S/C14H12ClN5O2/c1-20-11-9(17-10(15)13(20)21)12(19-14(16)18-11)22-7-8-5-3-2-4-6-8/h2-6H,7H2,1H3,(H2,16,18,19). The molecule has 0 amide bonds. The van der Waals surface area contributed by atoms with Crippen molar-refractivity contribution in [3.63, 3.8) is 0 Å². The third-order valence-corrected chi connectivity index (χ3v) is 3.32. The van der Waals surface area contributed by atoms with Crippen LogP contribution in [-0.4, -0.2) is 19.5 Å². The lowest BCUT2D eigenvalue weighted by Crippen LogP contribution is -2.20. The number of hydrogen-bond acceptors (Lipinski definition) is 6. The maximum absolute atomic E-state index is 11.8. The number of hydrogen-bond donors (Lipinski definition) is 1. The lowest BCUT2D eigenvalue weighted by atomic mass is 10.2. The molecule has 8 heteroatoms. The fraction of sp³-hybridized carbons (Fsp3) is 0.143. The molecule has 0 saturated heterocycles. The van der Waals surface area contributed by atoms with Crippen LogP contribution in [0.3, 0.4) is 0 Å². The molecule has 0 unspecified atom stereocenters. The van der Waals surface area contributed by atoms with Gasteiger partial charge in [0.2, 0.25) is 11.8 Å². The molecule has 0 aliphatic carbocycles. The molecule has 0 saturated carbocycles. The zero-order valence-electron chi connectivity index (χ0n) is 11.7. The second-order valence-electron chi connectivity index (χ2n) is 4.60. The van der Waals surface area contributed by atoms with E-state index in [1.54, 1.807) is 0 Å².